The van der Waals surface area contributed by atoms with Gasteiger partial charge in [0.25, 0.3) is 0 Å². The zero-order valence-corrected chi connectivity index (χ0v) is 13.8. The fourth-order valence-electron chi connectivity index (χ4n) is 2.36. The molecule has 2 amide bonds. The number of hydrogen-bond acceptors (Lipinski definition) is 5. The Morgan fingerprint density at radius 2 is 1.68 bits per heavy atom. The van der Waals surface area contributed by atoms with Crippen LogP contribution in [0.2, 0.25) is 0 Å². The minimum absolute atomic E-state index is 0.380. The van der Waals surface area contributed by atoms with Crippen molar-refractivity contribution in [2.24, 2.45) is 0 Å². The lowest BCUT2D eigenvalue weighted by molar-refractivity contribution is 0.262. The summed E-state index contributed by atoms with van der Waals surface area (Å²) in [5.74, 6) is 0.982. The minimum atomic E-state index is -0.380. The van der Waals surface area contributed by atoms with Gasteiger partial charge in [-0.2, -0.15) is 0 Å². The van der Waals surface area contributed by atoms with E-state index in [9.17, 15) is 4.79 Å². The van der Waals surface area contributed by atoms with Gasteiger partial charge in [0.2, 0.25) is 0 Å². The van der Waals surface area contributed by atoms with Crippen LogP contribution in [0.5, 0.6) is 0 Å². The second-order valence-electron chi connectivity index (χ2n) is 5.24. The van der Waals surface area contributed by atoms with Gasteiger partial charge in [0, 0.05) is 28.7 Å². The average Bonchev–Trinajstić information content (AvgIpc) is 3.10. The third-order valence-corrected chi connectivity index (χ3v) is 4.40. The summed E-state index contributed by atoms with van der Waals surface area (Å²) in [5.41, 5.74) is 1.79. The number of amides is 2. The van der Waals surface area contributed by atoms with Crippen LogP contribution in [0.25, 0.3) is 21.5 Å². The molecule has 0 unspecified atom stereocenters. The molecule has 0 fully saturated rings. The van der Waals surface area contributed by atoms with Crippen LogP contribution in [0, 0.1) is 0 Å². The van der Waals surface area contributed by atoms with E-state index in [-0.39, 0.29) is 6.03 Å². The fraction of sp³-hybridized carbons (Fsp3) is 0. The molecule has 0 aliphatic carbocycles. The summed E-state index contributed by atoms with van der Waals surface area (Å²) in [7, 11) is 0. The van der Waals surface area contributed by atoms with Crippen molar-refractivity contribution in [2.75, 3.05) is 10.6 Å². The predicted octanol–water partition coefficient (Wildman–Crippen LogP) is 4.40. The second kappa shape index (κ2) is 6.66. The standard InChI is InChI=1S/C18H13N5OS/c24-18(22-15-6-5-12-3-1-2-4-14(12)20-15)23-16-11-25-17(21-16)13-7-9-19-10-8-13/h1-11H,(H2,20,22,23,24). The summed E-state index contributed by atoms with van der Waals surface area (Å²) < 4.78 is 0. The molecular formula is C18H13N5OS. The van der Waals surface area contributed by atoms with Crippen molar-refractivity contribution >= 4 is 39.9 Å². The molecule has 4 rings (SSSR count). The molecular weight excluding hydrogens is 334 g/mol. The number of carbonyl (C=O) groups excluding carboxylic acids is 1. The van der Waals surface area contributed by atoms with Crippen molar-refractivity contribution in [1.29, 1.82) is 0 Å². The lowest BCUT2D eigenvalue weighted by Gasteiger charge is -2.06. The summed E-state index contributed by atoms with van der Waals surface area (Å²) in [5, 5.41) is 9.09. The first kappa shape index (κ1) is 15.2. The monoisotopic (exact) mass is 347 g/mol. The smallest absolute Gasteiger partial charge is 0.292 e. The Labute approximate surface area is 147 Å². The number of para-hydroxylation sites is 1. The number of benzene rings is 1. The largest absolute Gasteiger partial charge is 0.326 e. The Hall–Kier alpha value is -3.32. The molecule has 7 heteroatoms. The Bertz CT molecular complexity index is 1030. The quantitative estimate of drug-likeness (QED) is 0.576. The molecule has 0 aliphatic rings. The molecule has 2 N–H and O–H groups in total. The number of pyridine rings is 2. The van der Waals surface area contributed by atoms with Gasteiger partial charge in [0.15, 0.2) is 0 Å². The van der Waals surface area contributed by atoms with Crippen molar-refractivity contribution in [3.05, 3.63) is 66.3 Å². The summed E-state index contributed by atoms with van der Waals surface area (Å²) >= 11 is 1.46. The molecule has 0 radical (unpaired) electrons. The molecule has 0 atom stereocenters. The number of fused-ring (bicyclic) bond motifs is 1. The van der Waals surface area contributed by atoms with Crippen molar-refractivity contribution < 1.29 is 4.79 Å². The van der Waals surface area contributed by atoms with E-state index in [0.717, 1.165) is 21.5 Å². The number of carbonyl (C=O) groups is 1. The molecule has 1 aromatic carbocycles. The molecule has 0 saturated carbocycles. The van der Waals surface area contributed by atoms with Gasteiger partial charge in [0.05, 0.1) is 5.52 Å². The average molecular weight is 347 g/mol. The maximum atomic E-state index is 12.2. The van der Waals surface area contributed by atoms with Gasteiger partial charge >= 0.3 is 6.03 Å². The molecule has 25 heavy (non-hydrogen) atoms. The third-order valence-electron chi connectivity index (χ3n) is 3.51. The Morgan fingerprint density at radius 1 is 0.880 bits per heavy atom. The van der Waals surface area contributed by atoms with E-state index in [1.54, 1.807) is 23.8 Å². The number of nitrogens with one attached hydrogen (secondary N) is 2. The highest BCUT2D eigenvalue weighted by atomic mass is 32.1. The number of aromatic nitrogens is 3. The summed E-state index contributed by atoms with van der Waals surface area (Å²) in [6.45, 7) is 0. The van der Waals surface area contributed by atoms with Gasteiger partial charge < -0.3 is 0 Å². The number of nitrogens with zero attached hydrogens (tertiary/aromatic N) is 3. The third kappa shape index (κ3) is 3.46. The summed E-state index contributed by atoms with van der Waals surface area (Å²) in [6, 6.07) is 14.8. The Kier molecular flexibility index (Phi) is 4.05. The lowest BCUT2D eigenvalue weighted by atomic mass is 10.2. The topological polar surface area (TPSA) is 79.8 Å². The van der Waals surface area contributed by atoms with E-state index < -0.39 is 0 Å². The maximum absolute atomic E-state index is 12.2. The van der Waals surface area contributed by atoms with E-state index in [1.165, 1.54) is 11.3 Å². The lowest BCUT2D eigenvalue weighted by Crippen LogP contribution is -2.20. The minimum Gasteiger partial charge on any atom is -0.292 e. The Morgan fingerprint density at radius 3 is 2.56 bits per heavy atom. The first-order valence-electron chi connectivity index (χ1n) is 7.58. The van der Waals surface area contributed by atoms with Crippen LogP contribution in [-0.2, 0) is 0 Å². The molecule has 6 nitrogen and oxygen atoms in total. The van der Waals surface area contributed by atoms with Crippen LogP contribution in [-0.4, -0.2) is 21.0 Å². The Balaban J connectivity index is 1.46. The molecule has 0 aliphatic heterocycles. The van der Waals surface area contributed by atoms with E-state index in [2.05, 4.69) is 25.6 Å². The van der Waals surface area contributed by atoms with Gasteiger partial charge in [-0.3, -0.25) is 15.6 Å². The van der Waals surface area contributed by atoms with Gasteiger partial charge in [-0.15, -0.1) is 11.3 Å². The summed E-state index contributed by atoms with van der Waals surface area (Å²) in [4.78, 5) is 25.0. The van der Waals surface area contributed by atoms with Gasteiger partial charge in [0.1, 0.15) is 16.6 Å². The fourth-order valence-corrected chi connectivity index (χ4v) is 3.12. The molecule has 0 saturated heterocycles. The van der Waals surface area contributed by atoms with Crippen LogP contribution in [0.3, 0.4) is 0 Å². The first-order chi connectivity index (χ1) is 12.3. The SMILES string of the molecule is O=C(Nc1csc(-c2ccncc2)n1)Nc1ccc2ccccc2n1. The number of hydrogen-bond donors (Lipinski definition) is 2. The normalized spacial score (nSPS) is 10.6. The molecule has 3 aromatic heterocycles. The second-order valence-corrected chi connectivity index (χ2v) is 6.10. The zero-order chi connectivity index (χ0) is 17.1. The molecule has 0 spiro atoms. The highest BCUT2D eigenvalue weighted by Gasteiger charge is 2.09. The molecule has 0 bridgehead atoms. The molecule has 3 heterocycles. The van der Waals surface area contributed by atoms with Crippen LogP contribution in [0.1, 0.15) is 0 Å². The van der Waals surface area contributed by atoms with E-state index in [4.69, 9.17) is 0 Å². The van der Waals surface area contributed by atoms with Crippen LogP contribution in [0.15, 0.2) is 66.3 Å². The number of urea groups is 1. The van der Waals surface area contributed by atoms with E-state index in [0.29, 0.717) is 11.6 Å². The maximum Gasteiger partial charge on any atom is 0.326 e. The van der Waals surface area contributed by atoms with Crippen LogP contribution >= 0.6 is 11.3 Å². The summed E-state index contributed by atoms with van der Waals surface area (Å²) in [6.07, 6.45) is 3.42. The van der Waals surface area contributed by atoms with Crippen molar-refractivity contribution in [2.45, 2.75) is 0 Å². The first-order valence-corrected chi connectivity index (χ1v) is 8.46. The predicted molar refractivity (Wildman–Crippen MR) is 99.7 cm³/mol. The van der Waals surface area contributed by atoms with Gasteiger partial charge in [-0.25, -0.2) is 14.8 Å². The van der Waals surface area contributed by atoms with Gasteiger partial charge in [-0.1, -0.05) is 18.2 Å². The number of thiazole rings is 1. The number of anilines is 2. The molecule has 4 aromatic rings. The number of rotatable bonds is 3. The van der Waals surface area contributed by atoms with Crippen molar-refractivity contribution in [3.63, 3.8) is 0 Å². The van der Waals surface area contributed by atoms with Gasteiger partial charge in [-0.05, 0) is 30.3 Å². The zero-order valence-electron chi connectivity index (χ0n) is 13.0. The van der Waals surface area contributed by atoms with Crippen molar-refractivity contribution in [1.82, 2.24) is 15.0 Å². The van der Waals surface area contributed by atoms with Crippen molar-refractivity contribution in [3.8, 4) is 10.6 Å². The highest BCUT2D eigenvalue weighted by Crippen LogP contribution is 2.25. The molecule has 122 valence electrons. The van der Waals surface area contributed by atoms with E-state index >= 15 is 0 Å². The van der Waals surface area contributed by atoms with Crippen LogP contribution < -0.4 is 10.6 Å². The van der Waals surface area contributed by atoms with E-state index in [1.807, 2.05) is 42.5 Å². The highest BCUT2D eigenvalue weighted by molar-refractivity contribution is 7.13. The van der Waals surface area contributed by atoms with Crippen LogP contribution in [0.4, 0.5) is 16.4 Å².